The molecule has 0 N–H and O–H groups in total. The minimum atomic E-state index is -2.93. The average molecular weight is 405 g/mol. The third-order valence-corrected chi connectivity index (χ3v) is 4.93. The maximum Gasteiger partial charge on any atom is 0.387 e. The Morgan fingerprint density at radius 2 is 1.69 bits per heavy atom. The van der Waals surface area contributed by atoms with Crippen molar-refractivity contribution < 1.29 is 27.8 Å². The van der Waals surface area contributed by atoms with Crippen molar-refractivity contribution in [1.29, 1.82) is 0 Å². The molecule has 2 aromatic carbocycles. The van der Waals surface area contributed by atoms with E-state index < -0.39 is 6.61 Å². The minimum Gasteiger partial charge on any atom is -0.496 e. The fourth-order valence-electron chi connectivity index (χ4n) is 3.26. The van der Waals surface area contributed by atoms with Crippen LogP contribution < -0.4 is 14.2 Å². The van der Waals surface area contributed by atoms with Crippen LogP contribution >= 0.6 is 0 Å². The van der Waals surface area contributed by atoms with Crippen LogP contribution in [0.25, 0.3) is 0 Å². The first-order valence-corrected chi connectivity index (χ1v) is 9.46. The second-order valence-electron chi connectivity index (χ2n) is 7.10. The van der Waals surface area contributed by atoms with Gasteiger partial charge >= 0.3 is 6.61 Å². The first kappa shape index (κ1) is 20.9. The highest BCUT2D eigenvalue weighted by atomic mass is 19.3. The highest BCUT2D eigenvalue weighted by Crippen LogP contribution is 2.33. The van der Waals surface area contributed by atoms with Crippen LogP contribution in [0.15, 0.2) is 36.4 Å². The number of methoxy groups -OCH3 is 2. The van der Waals surface area contributed by atoms with Crippen LogP contribution in [-0.2, 0) is 17.8 Å². The molecule has 0 saturated heterocycles. The van der Waals surface area contributed by atoms with Crippen molar-refractivity contribution in [2.75, 3.05) is 14.2 Å². The Hall–Kier alpha value is -2.83. The van der Waals surface area contributed by atoms with Crippen LogP contribution in [-0.4, -0.2) is 37.7 Å². The molecule has 0 aromatic heterocycles. The summed E-state index contributed by atoms with van der Waals surface area (Å²) in [7, 11) is 3.01. The Morgan fingerprint density at radius 1 is 1.03 bits per heavy atom. The number of hydrogen-bond acceptors (Lipinski definition) is 4. The standard InChI is InChI=1S/C22H25F2NO4/c1-14-4-5-15(10-19(14)27-2)12-21(26)25(17-7-8-17)13-16-6-9-18(29-22(23)24)20(11-16)28-3/h4-6,9-11,17,22H,7-8,12-13H2,1-3H3. The third kappa shape index (κ3) is 5.37. The predicted molar refractivity (Wildman–Crippen MR) is 105 cm³/mol. The number of hydrogen-bond donors (Lipinski definition) is 0. The Morgan fingerprint density at radius 3 is 2.31 bits per heavy atom. The molecule has 0 heterocycles. The van der Waals surface area contributed by atoms with Crippen molar-refractivity contribution in [2.45, 2.75) is 45.4 Å². The zero-order chi connectivity index (χ0) is 21.0. The first-order valence-electron chi connectivity index (χ1n) is 9.46. The Balaban J connectivity index is 1.74. The topological polar surface area (TPSA) is 48.0 Å². The third-order valence-electron chi connectivity index (χ3n) is 4.93. The van der Waals surface area contributed by atoms with Crippen molar-refractivity contribution in [3.8, 4) is 17.2 Å². The summed E-state index contributed by atoms with van der Waals surface area (Å²) in [5.74, 6) is 0.967. The summed E-state index contributed by atoms with van der Waals surface area (Å²) in [5.41, 5.74) is 2.70. The van der Waals surface area contributed by atoms with Gasteiger partial charge in [0, 0.05) is 12.6 Å². The summed E-state index contributed by atoms with van der Waals surface area (Å²) >= 11 is 0. The Labute approximate surface area is 169 Å². The van der Waals surface area contributed by atoms with Gasteiger partial charge in [0.1, 0.15) is 5.75 Å². The second kappa shape index (κ2) is 9.11. The predicted octanol–water partition coefficient (Wildman–Crippen LogP) is 4.35. The maximum atomic E-state index is 13.0. The van der Waals surface area contributed by atoms with Crippen LogP contribution in [0, 0.1) is 6.92 Å². The van der Waals surface area contributed by atoms with E-state index in [0.717, 1.165) is 35.3 Å². The number of nitrogens with zero attached hydrogens (tertiary/aromatic N) is 1. The van der Waals surface area contributed by atoms with Gasteiger partial charge in [0.15, 0.2) is 11.5 Å². The van der Waals surface area contributed by atoms with Crippen LogP contribution in [0.4, 0.5) is 8.78 Å². The number of carbonyl (C=O) groups is 1. The zero-order valence-electron chi connectivity index (χ0n) is 16.8. The van der Waals surface area contributed by atoms with Crippen molar-refractivity contribution in [3.63, 3.8) is 0 Å². The smallest absolute Gasteiger partial charge is 0.387 e. The molecule has 1 aliphatic carbocycles. The van der Waals surface area contributed by atoms with Gasteiger partial charge in [0.2, 0.25) is 5.91 Å². The normalized spacial score (nSPS) is 13.3. The molecule has 0 bridgehead atoms. The minimum absolute atomic E-state index is 0.0188. The highest BCUT2D eigenvalue weighted by Gasteiger charge is 2.32. The number of ether oxygens (including phenoxy) is 3. The second-order valence-corrected chi connectivity index (χ2v) is 7.10. The lowest BCUT2D eigenvalue weighted by molar-refractivity contribution is -0.131. The quantitative estimate of drug-likeness (QED) is 0.623. The van der Waals surface area contributed by atoms with Crippen molar-refractivity contribution in [3.05, 3.63) is 53.1 Å². The fraction of sp³-hybridized carbons (Fsp3) is 0.409. The molecule has 0 radical (unpaired) electrons. The number of benzene rings is 2. The molecule has 2 aromatic rings. The average Bonchev–Trinajstić information content (AvgIpc) is 3.53. The number of rotatable bonds is 9. The van der Waals surface area contributed by atoms with E-state index in [9.17, 15) is 13.6 Å². The number of halogens is 2. The molecule has 1 amide bonds. The van der Waals surface area contributed by atoms with Crippen LogP contribution in [0.1, 0.15) is 29.5 Å². The van der Waals surface area contributed by atoms with Crippen LogP contribution in [0.5, 0.6) is 17.2 Å². The molecule has 1 fully saturated rings. The molecule has 3 rings (SSSR count). The number of alkyl halides is 2. The van der Waals surface area contributed by atoms with Gasteiger partial charge < -0.3 is 19.1 Å². The molecule has 0 atom stereocenters. The number of carbonyl (C=O) groups excluding carboxylic acids is 1. The SMILES string of the molecule is COc1cc(CC(=O)N(Cc2ccc(OC(F)F)c(OC)c2)C2CC2)ccc1C. The van der Waals surface area contributed by atoms with Gasteiger partial charge in [-0.15, -0.1) is 0 Å². The number of amides is 1. The Bertz CT molecular complexity index is 868. The molecular weight excluding hydrogens is 380 g/mol. The van der Waals surface area contributed by atoms with Gasteiger partial charge in [0.05, 0.1) is 20.6 Å². The monoisotopic (exact) mass is 405 g/mol. The summed E-state index contributed by atoms with van der Waals surface area (Å²) in [4.78, 5) is 14.8. The lowest BCUT2D eigenvalue weighted by Crippen LogP contribution is -2.33. The van der Waals surface area contributed by atoms with E-state index in [2.05, 4.69) is 4.74 Å². The highest BCUT2D eigenvalue weighted by molar-refractivity contribution is 5.79. The van der Waals surface area contributed by atoms with Crippen molar-refractivity contribution in [2.24, 2.45) is 0 Å². The van der Waals surface area contributed by atoms with E-state index in [1.807, 2.05) is 30.0 Å². The van der Waals surface area contributed by atoms with Crippen LogP contribution in [0.2, 0.25) is 0 Å². The molecule has 1 saturated carbocycles. The maximum absolute atomic E-state index is 13.0. The van der Waals surface area contributed by atoms with Gasteiger partial charge in [-0.3, -0.25) is 4.79 Å². The van der Waals surface area contributed by atoms with E-state index in [1.165, 1.54) is 13.2 Å². The molecule has 1 aliphatic rings. The van der Waals surface area contributed by atoms with Gasteiger partial charge in [-0.05, 0) is 54.7 Å². The summed E-state index contributed by atoms with van der Waals surface area (Å²) in [6.45, 7) is -0.584. The van der Waals surface area contributed by atoms with Gasteiger partial charge in [-0.2, -0.15) is 8.78 Å². The summed E-state index contributed by atoms with van der Waals surface area (Å²) in [5, 5.41) is 0. The van der Waals surface area contributed by atoms with E-state index in [4.69, 9.17) is 9.47 Å². The number of aryl methyl sites for hydroxylation is 1. The molecule has 156 valence electrons. The van der Waals surface area contributed by atoms with E-state index in [1.54, 1.807) is 19.2 Å². The van der Waals surface area contributed by atoms with E-state index in [-0.39, 0.29) is 29.9 Å². The molecular formula is C22H25F2NO4. The summed E-state index contributed by atoms with van der Waals surface area (Å²) in [6.07, 6.45) is 2.20. The summed E-state index contributed by atoms with van der Waals surface area (Å²) in [6, 6.07) is 10.7. The lowest BCUT2D eigenvalue weighted by atomic mass is 10.1. The fourth-order valence-corrected chi connectivity index (χ4v) is 3.26. The van der Waals surface area contributed by atoms with E-state index in [0.29, 0.717) is 6.54 Å². The molecule has 0 spiro atoms. The van der Waals surface area contributed by atoms with Crippen LogP contribution in [0.3, 0.4) is 0 Å². The van der Waals surface area contributed by atoms with Crippen molar-refractivity contribution in [1.82, 2.24) is 4.90 Å². The lowest BCUT2D eigenvalue weighted by Gasteiger charge is -2.23. The van der Waals surface area contributed by atoms with Gasteiger partial charge in [-0.25, -0.2) is 0 Å². The molecule has 0 unspecified atom stereocenters. The van der Waals surface area contributed by atoms with E-state index >= 15 is 0 Å². The Kier molecular flexibility index (Phi) is 6.56. The molecule has 7 heteroatoms. The zero-order valence-corrected chi connectivity index (χ0v) is 16.8. The van der Waals surface area contributed by atoms with Gasteiger partial charge in [-0.1, -0.05) is 18.2 Å². The molecule has 0 aliphatic heterocycles. The largest absolute Gasteiger partial charge is 0.496 e. The molecule has 5 nitrogen and oxygen atoms in total. The molecule has 29 heavy (non-hydrogen) atoms. The summed E-state index contributed by atoms with van der Waals surface area (Å²) < 4.78 is 40.0. The first-order chi connectivity index (χ1) is 13.9. The van der Waals surface area contributed by atoms with Crippen molar-refractivity contribution >= 4 is 5.91 Å². The van der Waals surface area contributed by atoms with Gasteiger partial charge in [0.25, 0.3) is 0 Å².